The molecule has 0 atom stereocenters. The number of amides is 1. The molecule has 0 radical (unpaired) electrons. The largest absolute Gasteiger partial charge is 0.346 e. The fourth-order valence-electron chi connectivity index (χ4n) is 3.48. The van der Waals surface area contributed by atoms with E-state index in [9.17, 15) is 4.79 Å². The van der Waals surface area contributed by atoms with Gasteiger partial charge in [-0.05, 0) is 62.9 Å². The highest BCUT2D eigenvalue weighted by atomic mass is 32.1. The first-order chi connectivity index (χ1) is 12.3. The van der Waals surface area contributed by atoms with Gasteiger partial charge in [-0.25, -0.2) is 0 Å². The predicted molar refractivity (Wildman–Crippen MR) is 114 cm³/mol. The third-order valence-corrected chi connectivity index (χ3v) is 5.52. The Labute approximate surface area is 163 Å². The van der Waals surface area contributed by atoms with E-state index < -0.39 is 0 Å². The second kappa shape index (κ2) is 9.36. The minimum atomic E-state index is 0.174. The molecule has 2 rings (SSSR count). The highest BCUT2D eigenvalue weighted by Gasteiger charge is 2.27. The van der Waals surface area contributed by atoms with Gasteiger partial charge in [-0.1, -0.05) is 31.5 Å². The average Bonchev–Trinajstić information content (AvgIpc) is 2.57. The minimum Gasteiger partial charge on any atom is -0.346 e. The summed E-state index contributed by atoms with van der Waals surface area (Å²) >= 11 is 5.80. The van der Waals surface area contributed by atoms with Crippen LogP contribution in [0.4, 0.5) is 5.69 Å². The van der Waals surface area contributed by atoms with Crippen LogP contribution in [0.5, 0.6) is 0 Å². The molecule has 1 N–H and O–H groups in total. The quantitative estimate of drug-likeness (QED) is 0.776. The second-order valence-electron chi connectivity index (χ2n) is 7.86. The van der Waals surface area contributed by atoms with Crippen LogP contribution in [-0.4, -0.2) is 46.5 Å². The van der Waals surface area contributed by atoms with Crippen LogP contribution in [0, 0.1) is 19.8 Å². The van der Waals surface area contributed by atoms with E-state index in [-0.39, 0.29) is 5.91 Å². The molecular formula is C21H33N3OS. The normalized spacial score (nSPS) is 15.2. The number of thiocarbonyl (C=S) groups is 1. The number of likely N-dealkylation sites (tertiary alicyclic amines) is 1. The lowest BCUT2D eigenvalue weighted by molar-refractivity contribution is -0.130. The molecule has 1 aliphatic rings. The molecule has 1 fully saturated rings. The van der Waals surface area contributed by atoms with Gasteiger partial charge in [0.25, 0.3) is 0 Å². The van der Waals surface area contributed by atoms with Gasteiger partial charge in [0.15, 0.2) is 5.11 Å². The van der Waals surface area contributed by atoms with Crippen molar-refractivity contribution in [1.82, 2.24) is 9.80 Å². The maximum atomic E-state index is 11.6. The zero-order valence-electron chi connectivity index (χ0n) is 16.8. The molecule has 1 aliphatic heterocycles. The van der Waals surface area contributed by atoms with Crippen molar-refractivity contribution in [2.24, 2.45) is 5.92 Å². The molecule has 0 unspecified atom stereocenters. The SMILES string of the molecule is CC(=O)N1CCC(N(CCC(C)C)C(=S)Nc2ccc(C)cc2C)CC1. The topological polar surface area (TPSA) is 35.6 Å². The molecule has 0 aliphatic carbocycles. The molecule has 26 heavy (non-hydrogen) atoms. The second-order valence-corrected chi connectivity index (χ2v) is 8.25. The number of hydrogen-bond acceptors (Lipinski definition) is 2. The predicted octanol–water partition coefficient (Wildman–Crippen LogP) is 4.36. The number of piperidine rings is 1. The van der Waals surface area contributed by atoms with Crippen LogP contribution in [0.3, 0.4) is 0 Å². The van der Waals surface area contributed by atoms with Gasteiger partial charge in [0.2, 0.25) is 5.91 Å². The Hall–Kier alpha value is -1.62. The Kier molecular flexibility index (Phi) is 7.44. The van der Waals surface area contributed by atoms with Crippen molar-refractivity contribution in [3.05, 3.63) is 29.3 Å². The number of benzene rings is 1. The summed E-state index contributed by atoms with van der Waals surface area (Å²) in [7, 11) is 0. The van der Waals surface area contributed by atoms with Gasteiger partial charge in [-0.15, -0.1) is 0 Å². The molecular weight excluding hydrogens is 342 g/mol. The zero-order chi connectivity index (χ0) is 19.3. The number of aryl methyl sites for hydroxylation is 2. The van der Waals surface area contributed by atoms with Gasteiger partial charge in [0.1, 0.15) is 0 Å². The standard InChI is InChI=1S/C21H33N3OS/c1-15(2)8-13-24(19-9-11-23(12-10-19)18(5)25)21(26)22-20-7-6-16(3)14-17(20)4/h6-7,14-15,19H,8-13H2,1-5H3,(H,22,26). The lowest BCUT2D eigenvalue weighted by Crippen LogP contribution is -2.50. The molecule has 144 valence electrons. The number of carbonyl (C=O) groups is 1. The summed E-state index contributed by atoms with van der Waals surface area (Å²) in [5.41, 5.74) is 3.55. The Morgan fingerprint density at radius 2 is 1.96 bits per heavy atom. The van der Waals surface area contributed by atoms with Crippen LogP contribution >= 0.6 is 12.2 Å². The van der Waals surface area contributed by atoms with Crippen molar-refractivity contribution in [1.29, 1.82) is 0 Å². The molecule has 0 spiro atoms. The van der Waals surface area contributed by atoms with Crippen LogP contribution in [0.2, 0.25) is 0 Å². The first-order valence-corrected chi connectivity index (χ1v) is 10.1. The first kappa shape index (κ1) is 20.7. The van der Waals surface area contributed by atoms with E-state index in [1.165, 1.54) is 11.1 Å². The van der Waals surface area contributed by atoms with E-state index in [1.54, 1.807) is 6.92 Å². The fraction of sp³-hybridized carbons (Fsp3) is 0.619. The van der Waals surface area contributed by atoms with Crippen LogP contribution in [0.15, 0.2) is 18.2 Å². The lowest BCUT2D eigenvalue weighted by atomic mass is 10.0. The molecule has 1 amide bonds. The van der Waals surface area contributed by atoms with Gasteiger partial charge in [-0.3, -0.25) is 4.79 Å². The van der Waals surface area contributed by atoms with Crippen molar-refractivity contribution < 1.29 is 4.79 Å². The maximum absolute atomic E-state index is 11.6. The van der Waals surface area contributed by atoms with Gasteiger partial charge < -0.3 is 15.1 Å². The summed E-state index contributed by atoms with van der Waals surface area (Å²) < 4.78 is 0. The van der Waals surface area contributed by atoms with Crippen molar-refractivity contribution in [2.75, 3.05) is 25.0 Å². The van der Waals surface area contributed by atoms with E-state index >= 15 is 0 Å². The van der Waals surface area contributed by atoms with Crippen molar-refractivity contribution >= 4 is 28.9 Å². The first-order valence-electron chi connectivity index (χ1n) is 9.68. The number of nitrogens with zero attached hydrogens (tertiary/aromatic N) is 2. The number of nitrogens with one attached hydrogen (secondary N) is 1. The monoisotopic (exact) mass is 375 g/mol. The number of hydrogen-bond donors (Lipinski definition) is 1. The lowest BCUT2D eigenvalue weighted by Gasteiger charge is -2.40. The van der Waals surface area contributed by atoms with Crippen molar-refractivity contribution in [3.8, 4) is 0 Å². The Bertz CT molecular complexity index is 636. The van der Waals surface area contributed by atoms with Gasteiger partial charge in [0, 0.05) is 38.3 Å². The molecule has 1 aromatic carbocycles. The summed E-state index contributed by atoms with van der Waals surface area (Å²) in [6, 6.07) is 6.79. The maximum Gasteiger partial charge on any atom is 0.219 e. The molecule has 0 saturated carbocycles. The van der Waals surface area contributed by atoms with Gasteiger partial charge >= 0.3 is 0 Å². The molecule has 1 saturated heterocycles. The number of carbonyl (C=O) groups excluding carboxylic acids is 1. The van der Waals surface area contributed by atoms with E-state index in [0.29, 0.717) is 12.0 Å². The summed E-state index contributed by atoms with van der Waals surface area (Å²) in [4.78, 5) is 15.9. The molecule has 1 aromatic rings. The number of rotatable bonds is 5. The van der Waals surface area contributed by atoms with Gasteiger partial charge in [0.05, 0.1) is 0 Å². The van der Waals surface area contributed by atoms with E-state index in [4.69, 9.17) is 12.2 Å². The molecule has 0 bridgehead atoms. The highest BCUT2D eigenvalue weighted by Crippen LogP contribution is 2.22. The minimum absolute atomic E-state index is 0.174. The van der Waals surface area contributed by atoms with Crippen LogP contribution in [0.25, 0.3) is 0 Å². The summed E-state index contributed by atoms with van der Waals surface area (Å²) in [5, 5.41) is 4.27. The zero-order valence-corrected chi connectivity index (χ0v) is 17.7. The van der Waals surface area contributed by atoms with E-state index in [2.05, 4.69) is 56.1 Å². The summed E-state index contributed by atoms with van der Waals surface area (Å²) in [6.45, 7) is 13.0. The summed E-state index contributed by atoms with van der Waals surface area (Å²) in [5.74, 6) is 0.812. The van der Waals surface area contributed by atoms with E-state index in [1.807, 2.05) is 4.90 Å². The van der Waals surface area contributed by atoms with Crippen molar-refractivity contribution in [2.45, 2.75) is 59.9 Å². The molecule has 0 aromatic heterocycles. The van der Waals surface area contributed by atoms with Crippen molar-refractivity contribution in [3.63, 3.8) is 0 Å². The fourth-order valence-corrected chi connectivity index (χ4v) is 3.83. The van der Waals surface area contributed by atoms with Gasteiger partial charge in [-0.2, -0.15) is 0 Å². The Balaban J connectivity index is 2.08. The average molecular weight is 376 g/mol. The smallest absolute Gasteiger partial charge is 0.219 e. The van der Waals surface area contributed by atoms with Crippen LogP contribution in [-0.2, 0) is 4.79 Å². The molecule has 1 heterocycles. The third-order valence-electron chi connectivity index (χ3n) is 5.18. The Morgan fingerprint density at radius 3 is 2.50 bits per heavy atom. The van der Waals surface area contributed by atoms with Crippen LogP contribution in [0.1, 0.15) is 51.2 Å². The third kappa shape index (κ3) is 5.70. The van der Waals surface area contributed by atoms with E-state index in [0.717, 1.165) is 49.7 Å². The molecule has 4 nitrogen and oxygen atoms in total. The Morgan fingerprint density at radius 1 is 1.31 bits per heavy atom. The highest BCUT2D eigenvalue weighted by molar-refractivity contribution is 7.80. The number of anilines is 1. The molecule has 5 heteroatoms. The van der Waals surface area contributed by atoms with Crippen LogP contribution < -0.4 is 5.32 Å². The summed E-state index contributed by atoms with van der Waals surface area (Å²) in [6.07, 6.45) is 3.07.